The molecule has 20 heavy (non-hydrogen) atoms. The number of benzene rings is 1. The molecule has 0 spiro atoms. The van der Waals surface area contributed by atoms with Gasteiger partial charge in [0.15, 0.2) is 0 Å². The van der Waals surface area contributed by atoms with Crippen LogP contribution < -0.4 is 5.32 Å². The predicted molar refractivity (Wildman–Crippen MR) is 77.6 cm³/mol. The molecule has 2 atom stereocenters. The Morgan fingerprint density at radius 3 is 2.45 bits per heavy atom. The molecule has 108 valence electrons. The van der Waals surface area contributed by atoms with Crippen LogP contribution in [0.3, 0.4) is 0 Å². The van der Waals surface area contributed by atoms with Crippen molar-refractivity contribution >= 4 is 17.6 Å². The van der Waals surface area contributed by atoms with Crippen LogP contribution in [0.1, 0.15) is 44.6 Å². The molecule has 4 heteroatoms. The SMILES string of the molecule is CC(C)c1ccccc1NC(=O)[C@@H]1CC[C@H](C(=O)O)C1. The van der Waals surface area contributed by atoms with Gasteiger partial charge in [0.05, 0.1) is 5.92 Å². The maximum Gasteiger partial charge on any atom is 0.306 e. The number of nitrogens with one attached hydrogen (secondary N) is 1. The van der Waals surface area contributed by atoms with Crippen LogP contribution >= 0.6 is 0 Å². The minimum atomic E-state index is -0.789. The number of hydrogen-bond donors (Lipinski definition) is 2. The summed E-state index contributed by atoms with van der Waals surface area (Å²) in [7, 11) is 0. The zero-order chi connectivity index (χ0) is 14.7. The highest BCUT2D eigenvalue weighted by Crippen LogP contribution is 2.32. The summed E-state index contributed by atoms with van der Waals surface area (Å²) in [5.41, 5.74) is 1.94. The van der Waals surface area contributed by atoms with Crippen LogP contribution in [-0.2, 0) is 9.59 Å². The van der Waals surface area contributed by atoms with E-state index >= 15 is 0 Å². The molecule has 1 aromatic carbocycles. The van der Waals surface area contributed by atoms with Crippen LogP contribution in [0, 0.1) is 11.8 Å². The van der Waals surface area contributed by atoms with Crippen molar-refractivity contribution in [2.24, 2.45) is 11.8 Å². The Morgan fingerprint density at radius 1 is 1.20 bits per heavy atom. The van der Waals surface area contributed by atoms with Gasteiger partial charge in [-0.25, -0.2) is 0 Å². The molecule has 1 aliphatic rings. The van der Waals surface area contributed by atoms with Crippen LogP contribution in [0.15, 0.2) is 24.3 Å². The maximum absolute atomic E-state index is 12.3. The average molecular weight is 275 g/mol. The van der Waals surface area contributed by atoms with Crippen molar-refractivity contribution in [2.45, 2.75) is 39.0 Å². The smallest absolute Gasteiger partial charge is 0.306 e. The summed E-state index contributed by atoms with van der Waals surface area (Å²) in [6.07, 6.45) is 1.71. The first kappa shape index (κ1) is 14.6. The highest BCUT2D eigenvalue weighted by molar-refractivity contribution is 5.94. The summed E-state index contributed by atoms with van der Waals surface area (Å²) in [5.74, 6) is -1.06. The minimum Gasteiger partial charge on any atom is -0.481 e. The predicted octanol–water partition coefficient (Wildman–Crippen LogP) is 3.25. The Hall–Kier alpha value is -1.84. The Bertz CT molecular complexity index is 510. The second-order valence-electron chi connectivity index (χ2n) is 5.78. The third-order valence-electron chi connectivity index (χ3n) is 3.99. The summed E-state index contributed by atoms with van der Waals surface area (Å²) in [5, 5.41) is 11.9. The van der Waals surface area contributed by atoms with Gasteiger partial charge in [0.25, 0.3) is 0 Å². The minimum absolute atomic E-state index is 0.0538. The molecule has 0 unspecified atom stereocenters. The van der Waals surface area contributed by atoms with E-state index in [4.69, 9.17) is 5.11 Å². The molecule has 1 aliphatic carbocycles. The van der Waals surface area contributed by atoms with E-state index in [0.717, 1.165) is 11.3 Å². The molecule has 0 bridgehead atoms. The molecule has 1 saturated carbocycles. The van der Waals surface area contributed by atoms with E-state index in [1.165, 1.54) is 0 Å². The number of carboxylic acids is 1. The van der Waals surface area contributed by atoms with Gasteiger partial charge in [-0.3, -0.25) is 9.59 Å². The van der Waals surface area contributed by atoms with Crippen LogP contribution in [0.25, 0.3) is 0 Å². The largest absolute Gasteiger partial charge is 0.481 e. The zero-order valence-corrected chi connectivity index (χ0v) is 11.9. The van der Waals surface area contributed by atoms with E-state index in [1.54, 1.807) is 0 Å². The molecule has 1 amide bonds. The Balaban J connectivity index is 2.04. The van der Waals surface area contributed by atoms with Crippen LogP contribution in [0.4, 0.5) is 5.69 Å². The zero-order valence-electron chi connectivity index (χ0n) is 11.9. The van der Waals surface area contributed by atoms with E-state index in [0.29, 0.717) is 25.2 Å². The van der Waals surface area contributed by atoms with Gasteiger partial charge in [0.2, 0.25) is 5.91 Å². The first-order valence-electron chi connectivity index (χ1n) is 7.11. The van der Waals surface area contributed by atoms with E-state index in [2.05, 4.69) is 19.2 Å². The third kappa shape index (κ3) is 3.18. The maximum atomic E-state index is 12.3. The number of carboxylic acid groups (broad SMARTS) is 1. The molecule has 4 nitrogen and oxygen atoms in total. The van der Waals surface area contributed by atoms with Crippen molar-refractivity contribution in [3.05, 3.63) is 29.8 Å². The molecule has 0 radical (unpaired) electrons. The lowest BCUT2D eigenvalue weighted by atomic mass is 10.00. The van der Waals surface area contributed by atoms with Crippen LogP contribution in [0.2, 0.25) is 0 Å². The van der Waals surface area contributed by atoms with E-state index < -0.39 is 5.97 Å². The fourth-order valence-corrected chi connectivity index (χ4v) is 2.79. The molecule has 2 rings (SSSR count). The van der Waals surface area contributed by atoms with Crippen LogP contribution in [-0.4, -0.2) is 17.0 Å². The Labute approximate surface area is 119 Å². The second kappa shape index (κ2) is 6.07. The molecular weight excluding hydrogens is 254 g/mol. The molecule has 0 saturated heterocycles. The molecular formula is C16H21NO3. The highest BCUT2D eigenvalue weighted by Gasteiger charge is 2.33. The normalized spacial score (nSPS) is 21.9. The average Bonchev–Trinajstić information content (AvgIpc) is 2.89. The first-order chi connectivity index (χ1) is 9.49. The summed E-state index contributed by atoms with van der Waals surface area (Å²) in [6.45, 7) is 4.17. The van der Waals surface area contributed by atoms with E-state index in [9.17, 15) is 9.59 Å². The number of carbonyl (C=O) groups excluding carboxylic acids is 1. The van der Waals surface area contributed by atoms with Gasteiger partial charge in [0.1, 0.15) is 0 Å². The number of para-hydroxylation sites is 1. The molecule has 0 aliphatic heterocycles. The number of aliphatic carboxylic acids is 1. The molecule has 0 heterocycles. The highest BCUT2D eigenvalue weighted by atomic mass is 16.4. The second-order valence-corrected chi connectivity index (χ2v) is 5.78. The lowest BCUT2D eigenvalue weighted by Crippen LogP contribution is -2.22. The van der Waals surface area contributed by atoms with Gasteiger partial charge in [-0.1, -0.05) is 32.0 Å². The number of hydrogen-bond acceptors (Lipinski definition) is 2. The summed E-state index contributed by atoms with van der Waals surface area (Å²) >= 11 is 0. The number of rotatable bonds is 4. The van der Waals surface area contributed by atoms with Crippen molar-refractivity contribution in [1.82, 2.24) is 0 Å². The first-order valence-corrected chi connectivity index (χ1v) is 7.11. The van der Waals surface area contributed by atoms with Crippen molar-refractivity contribution in [1.29, 1.82) is 0 Å². The number of anilines is 1. The number of carbonyl (C=O) groups is 2. The monoisotopic (exact) mass is 275 g/mol. The van der Waals surface area contributed by atoms with Gasteiger partial charge in [0, 0.05) is 11.6 Å². The van der Waals surface area contributed by atoms with Gasteiger partial charge < -0.3 is 10.4 Å². The molecule has 1 aromatic rings. The quantitative estimate of drug-likeness (QED) is 0.886. The summed E-state index contributed by atoms with van der Waals surface area (Å²) < 4.78 is 0. The summed E-state index contributed by atoms with van der Waals surface area (Å²) in [4.78, 5) is 23.2. The summed E-state index contributed by atoms with van der Waals surface area (Å²) in [6, 6.07) is 7.77. The van der Waals surface area contributed by atoms with Gasteiger partial charge in [-0.05, 0) is 36.8 Å². The Kier molecular flexibility index (Phi) is 4.42. The lowest BCUT2D eigenvalue weighted by molar-refractivity contribution is -0.141. The van der Waals surface area contributed by atoms with Crippen molar-refractivity contribution < 1.29 is 14.7 Å². The van der Waals surface area contributed by atoms with Gasteiger partial charge in [-0.15, -0.1) is 0 Å². The number of amides is 1. The fourth-order valence-electron chi connectivity index (χ4n) is 2.79. The van der Waals surface area contributed by atoms with Crippen molar-refractivity contribution in [3.8, 4) is 0 Å². The molecule has 2 N–H and O–H groups in total. The van der Waals surface area contributed by atoms with E-state index in [-0.39, 0.29) is 17.7 Å². The van der Waals surface area contributed by atoms with Crippen LogP contribution in [0.5, 0.6) is 0 Å². The standard InChI is InChI=1S/C16H21NO3/c1-10(2)13-5-3-4-6-14(13)17-15(18)11-7-8-12(9-11)16(19)20/h3-6,10-12H,7-9H2,1-2H3,(H,17,18)(H,19,20)/t11-,12+/m1/s1. The molecule has 1 fully saturated rings. The van der Waals surface area contributed by atoms with Crippen molar-refractivity contribution in [3.63, 3.8) is 0 Å². The fraction of sp³-hybridized carbons (Fsp3) is 0.500. The topological polar surface area (TPSA) is 66.4 Å². The van der Waals surface area contributed by atoms with Gasteiger partial charge in [-0.2, -0.15) is 0 Å². The van der Waals surface area contributed by atoms with E-state index in [1.807, 2.05) is 24.3 Å². The third-order valence-corrected chi connectivity index (χ3v) is 3.99. The Morgan fingerprint density at radius 2 is 1.85 bits per heavy atom. The lowest BCUT2D eigenvalue weighted by Gasteiger charge is -2.16. The van der Waals surface area contributed by atoms with Crippen molar-refractivity contribution in [2.75, 3.05) is 5.32 Å². The van der Waals surface area contributed by atoms with Gasteiger partial charge >= 0.3 is 5.97 Å². The molecule has 0 aromatic heterocycles.